The minimum absolute atomic E-state index is 0.135. The van der Waals surface area contributed by atoms with Crippen molar-refractivity contribution < 1.29 is 4.79 Å². The lowest BCUT2D eigenvalue weighted by Crippen LogP contribution is -2.40. The molecule has 0 spiro atoms. The second kappa shape index (κ2) is 5.38. The molecule has 2 aromatic rings. The number of thioether (sulfide) groups is 1. The number of hydrogen-bond acceptors (Lipinski definition) is 4. The van der Waals surface area contributed by atoms with Gasteiger partial charge in [-0.15, -0.1) is 0 Å². The Morgan fingerprint density at radius 1 is 1.53 bits per heavy atom. The highest BCUT2D eigenvalue weighted by Gasteiger charge is 2.29. The lowest BCUT2D eigenvalue weighted by Gasteiger charge is -2.34. The van der Waals surface area contributed by atoms with Gasteiger partial charge in [0.15, 0.2) is 0 Å². The normalized spacial score (nSPS) is 19.6. The van der Waals surface area contributed by atoms with E-state index < -0.39 is 0 Å². The van der Waals surface area contributed by atoms with Crippen molar-refractivity contribution in [2.24, 2.45) is 7.05 Å². The highest BCUT2D eigenvalue weighted by Crippen LogP contribution is 2.30. The van der Waals surface area contributed by atoms with Gasteiger partial charge in [-0.05, 0) is 11.4 Å². The molecule has 3 rings (SSSR count). The van der Waals surface area contributed by atoms with Gasteiger partial charge in [-0.3, -0.25) is 9.48 Å². The molecule has 0 radical (unpaired) electrons. The van der Waals surface area contributed by atoms with Crippen LogP contribution in [-0.2, 0) is 7.05 Å². The van der Waals surface area contributed by atoms with Crippen molar-refractivity contribution in [2.45, 2.75) is 6.04 Å². The summed E-state index contributed by atoms with van der Waals surface area (Å²) in [5, 5.41) is 8.09. The van der Waals surface area contributed by atoms with Crippen LogP contribution in [0.25, 0.3) is 0 Å². The highest BCUT2D eigenvalue weighted by molar-refractivity contribution is 7.99. The molecule has 0 saturated carbocycles. The second-order valence-corrected chi connectivity index (χ2v) is 6.48. The molecule has 1 atom stereocenters. The standard InChI is InChI=1S/C13H15N3OS2/c1-15-7-11(6-14-15)12-9-19-5-3-16(12)13(17)10-2-4-18-8-10/h2,4,6-8,12H,3,5,9H2,1H3/t12-/m1/s1. The van der Waals surface area contributed by atoms with Gasteiger partial charge in [-0.25, -0.2) is 0 Å². The maximum Gasteiger partial charge on any atom is 0.255 e. The van der Waals surface area contributed by atoms with E-state index >= 15 is 0 Å². The van der Waals surface area contributed by atoms with Gasteiger partial charge in [0.2, 0.25) is 0 Å². The molecule has 0 aliphatic carbocycles. The largest absolute Gasteiger partial charge is 0.330 e. The minimum atomic E-state index is 0.135. The predicted octanol–water partition coefficient (Wildman–Crippen LogP) is 2.41. The quantitative estimate of drug-likeness (QED) is 0.853. The Balaban J connectivity index is 1.87. The number of amides is 1. The number of rotatable bonds is 2. The third-order valence-electron chi connectivity index (χ3n) is 3.27. The number of hydrogen-bond donors (Lipinski definition) is 0. The van der Waals surface area contributed by atoms with Crippen LogP contribution in [0.5, 0.6) is 0 Å². The smallest absolute Gasteiger partial charge is 0.255 e. The first-order valence-corrected chi connectivity index (χ1v) is 8.25. The predicted molar refractivity (Wildman–Crippen MR) is 78.6 cm³/mol. The van der Waals surface area contributed by atoms with E-state index in [-0.39, 0.29) is 11.9 Å². The number of carbonyl (C=O) groups is 1. The first kappa shape index (κ1) is 12.7. The van der Waals surface area contributed by atoms with Crippen LogP contribution in [0, 0.1) is 0 Å². The summed E-state index contributed by atoms with van der Waals surface area (Å²) in [6.07, 6.45) is 3.87. The van der Waals surface area contributed by atoms with Crippen LogP contribution in [0.2, 0.25) is 0 Å². The number of aromatic nitrogens is 2. The minimum Gasteiger partial charge on any atom is -0.330 e. The van der Waals surface area contributed by atoms with Crippen LogP contribution in [-0.4, -0.2) is 38.6 Å². The van der Waals surface area contributed by atoms with E-state index in [0.29, 0.717) is 0 Å². The van der Waals surface area contributed by atoms with Crippen molar-refractivity contribution in [2.75, 3.05) is 18.1 Å². The molecule has 4 nitrogen and oxygen atoms in total. The van der Waals surface area contributed by atoms with E-state index in [9.17, 15) is 4.79 Å². The van der Waals surface area contributed by atoms with Gasteiger partial charge in [0.05, 0.1) is 17.8 Å². The molecule has 1 aliphatic rings. The first-order chi connectivity index (χ1) is 9.25. The van der Waals surface area contributed by atoms with Gasteiger partial charge >= 0.3 is 0 Å². The zero-order chi connectivity index (χ0) is 13.2. The Labute approximate surface area is 120 Å². The summed E-state index contributed by atoms with van der Waals surface area (Å²) in [5.74, 6) is 2.09. The van der Waals surface area contributed by atoms with Crippen LogP contribution in [0.15, 0.2) is 29.2 Å². The fraction of sp³-hybridized carbons (Fsp3) is 0.385. The van der Waals surface area contributed by atoms with Crippen LogP contribution < -0.4 is 0 Å². The molecule has 100 valence electrons. The monoisotopic (exact) mass is 293 g/mol. The van der Waals surface area contributed by atoms with Crippen molar-refractivity contribution in [3.8, 4) is 0 Å². The van der Waals surface area contributed by atoms with E-state index in [2.05, 4.69) is 5.10 Å². The summed E-state index contributed by atoms with van der Waals surface area (Å²) in [5.41, 5.74) is 1.92. The average molecular weight is 293 g/mol. The number of aryl methyl sites for hydroxylation is 1. The first-order valence-electron chi connectivity index (χ1n) is 6.15. The molecule has 0 aromatic carbocycles. The molecule has 1 amide bonds. The van der Waals surface area contributed by atoms with Gasteiger partial charge in [-0.2, -0.15) is 28.2 Å². The van der Waals surface area contributed by atoms with Crippen molar-refractivity contribution in [1.29, 1.82) is 0 Å². The molecule has 0 unspecified atom stereocenters. The topological polar surface area (TPSA) is 38.1 Å². The molecule has 1 fully saturated rings. The SMILES string of the molecule is Cn1cc([C@H]2CSCCN2C(=O)c2ccsc2)cn1. The molecule has 2 aromatic heterocycles. The Morgan fingerprint density at radius 3 is 3.11 bits per heavy atom. The fourth-order valence-corrected chi connectivity index (χ4v) is 4.00. The van der Waals surface area contributed by atoms with E-state index in [4.69, 9.17) is 0 Å². The van der Waals surface area contributed by atoms with Crippen LogP contribution in [0.4, 0.5) is 0 Å². The van der Waals surface area contributed by atoms with Gasteiger partial charge in [0.25, 0.3) is 5.91 Å². The zero-order valence-electron chi connectivity index (χ0n) is 10.7. The summed E-state index contributed by atoms with van der Waals surface area (Å²) < 4.78 is 1.79. The van der Waals surface area contributed by atoms with Crippen molar-refractivity contribution in [3.63, 3.8) is 0 Å². The highest BCUT2D eigenvalue weighted by atomic mass is 32.2. The third kappa shape index (κ3) is 2.55. The average Bonchev–Trinajstić information content (AvgIpc) is 3.09. The fourth-order valence-electron chi connectivity index (χ4n) is 2.29. The Hall–Kier alpha value is -1.27. The summed E-state index contributed by atoms with van der Waals surface area (Å²) in [4.78, 5) is 14.5. The molecule has 1 aliphatic heterocycles. The molecule has 19 heavy (non-hydrogen) atoms. The molecular formula is C13H15N3OS2. The number of nitrogens with zero attached hydrogens (tertiary/aromatic N) is 3. The van der Waals surface area contributed by atoms with Gasteiger partial charge in [-0.1, -0.05) is 0 Å². The maximum absolute atomic E-state index is 12.5. The van der Waals surface area contributed by atoms with Gasteiger partial charge in [0, 0.05) is 42.2 Å². The van der Waals surface area contributed by atoms with Crippen molar-refractivity contribution >= 4 is 29.0 Å². The third-order valence-corrected chi connectivity index (χ3v) is 4.97. The number of thiophene rings is 1. The summed E-state index contributed by atoms with van der Waals surface area (Å²) in [6.45, 7) is 0.804. The van der Waals surface area contributed by atoms with Gasteiger partial charge < -0.3 is 4.90 Å². The van der Waals surface area contributed by atoms with Gasteiger partial charge in [0.1, 0.15) is 0 Å². The summed E-state index contributed by atoms with van der Waals surface area (Å²) >= 11 is 3.46. The number of carbonyl (C=O) groups excluding carboxylic acids is 1. The van der Waals surface area contributed by atoms with E-state index in [0.717, 1.165) is 29.2 Å². The molecule has 1 saturated heterocycles. The zero-order valence-corrected chi connectivity index (χ0v) is 12.3. The van der Waals surface area contributed by atoms with Crippen molar-refractivity contribution in [3.05, 3.63) is 40.3 Å². The van der Waals surface area contributed by atoms with E-state index in [1.54, 1.807) is 16.0 Å². The lowest BCUT2D eigenvalue weighted by molar-refractivity contribution is 0.0702. The van der Waals surface area contributed by atoms with Crippen LogP contribution >= 0.6 is 23.1 Å². The van der Waals surface area contributed by atoms with Crippen LogP contribution in [0.3, 0.4) is 0 Å². The molecular weight excluding hydrogens is 278 g/mol. The molecule has 3 heterocycles. The Bertz CT molecular complexity index is 564. The Kier molecular flexibility index (Phi) is 3.61. The maximum atomic E-state index is 12.5. The lowest BCUT2D eigenvalue weighted by atomic mass is 10.1. The molecule has 6 heteroatoms. The summed E-state index contributed by atoms with van der Waals surface area (Å²) in [6, 6.07) is 2.04. The molecule has 0 N–H and O–H groups in total. The van der Waals surface area contributed by atoms with Crippen LogP contribution in [0.1, 0.15) is 22.0 Å². The molecule has 0 bridgehead atoms. The van der Waals surface area contributed by atoms with E-state index in [1.165, 1.54) is 0 Å². The summed E-state index contributed by atoms with van der Waals surface area (Å²) in [7, 11) is 1.91. The second-order valence-electron chi connectivity index (χ2n) is 4.55. The van der Waals surface area contributed by atoms with Crippen molar-refractivity contribution in [1.82, 2.24) is 14.7 Å². The Morgan fingerprint density at radius 2 is 2.42 bits per heavy atom. The van der Waals surface area contributed by atoms with E-state index in [1.807, 2.05) is 52.9 Å².